The van der Waals surface area contributed by atoms with Crippen LogP contribution in [0.25, 0.3) is 0 Å². The zero-order valence-corrected chi connectivity index (χ0v) is 10.8. The highest BCUT2D eigenvalue weighted by molar-refractivity contribution is 7.80. The molecule has 1 saturated carbocycles. The van der Waals surface area contributed by atoms with Gasteiger partial charge in [0.05, 0.1) is 0 Å². The van der Waals surface area contributed by atoms with Crippen LogP contribution in [0.15, 0.2) is 0 Å². The van der Waals surface area contributed by atoms with E-state index in [0.717, 1.165) is 5.75 Å². The fourth-order valence-electron chi connectivity index (χ4n) is 2.28. The van der Waals surface area contributed by atoms with Crippen molar-refractivity contribution < 1.29 is 0 Å². The van der Waals surface area contributed by atoms with Crippen LogP contribution < -0.4 is 0 Å². The van der Waals surface area contributed by atoms with E-state index in [1.54, 1.807) is 0 Å². The van der Waals surface area contributed by atoms with Gasteiger partial charge in [0.2, 0.25) is 0 Å². The standard InChI is InChI=1S/C12H25NS/c1-4-8-13(11(2)3)9-12(10-14)6-5-7-12/h11,14H,4-10H2,1-3H3. The summed E-state index contributed by atoms with van der Waals surface area (Å²) >= 11 is 4.52. The molecule has 0 aromatic carbocycles. The highest BCUT2D eigenvalue weighted by atomic mass is 32.1. The zero-order valence-electron chi connectivity index (χ0n) is 9.92. The quantitative estimate of drug-likeness (QED) is 0.666. The van der Waals surface area contributed by atoms with Crippen molar-refractivity contribution in [3.63, 3.8) is 0 Å². The van der Waals surface area contributed by atoms with Gasteiger partial charge in [0.1, 0.15) is 0 Å². The molecule has 0 atom stereocenters. The average molecular weight is 215 g/mol. The van der Waals surface area contributed by atoms with E-state index >= 15 is 0 Å². The summed E-state index contributed by atoms with van der Waals surface area (Å²) in [5, 5.41) is 0. The Balaban J connectivity index is 2.44. The molecular formula is C12H25NS. The SMILES string of the molecule is CCCN(CC1(CS)CCC1)C(C)C. The smallest absolute Gasteiger partial charge is 0.00485 e. The molecule has 0 unspecified atom stereocenters. The van der Waals surface area contributed by atoms with Crippen LogP contribution in [0.4, 0.5) is 0 Å². The van der Waals surface area contributed by atoms with Gasteiger partial charge in [-0.15, -0.1) is 0 Å². The average Bonchev–Trinajstić information content (AvgIpc) is 2.09. The van der Waals surface area contributed by atoms with E-state index in [1.165, 1.54) is 38.8 Å². The molecule has 1 aliphatic rings. The molecule has 0 saturated heterocycles. The first-order chi connectivity index (χ1) is 6.63. The number of hydrogen-bond acceptors (Lipinski definition) is 2. The molecular weight excluding hydrogens is 190 g/mol. The number of thiol groups is 1. The van der Waals surface area contributed by atoms with E-state index in [1.807, 2.05) is 0 Å². The molecule has 0 aromatic heterocycles. The van der Waals surface area contributed by atoms with Crippen LogP contribution in [0.2, 0.25) is 0 Å². The second-order valence-corrected chi connectivity index (χ2v) is 5.39. The van der Waals surface area contributed by atoms with E-state index in [0.29, 0.717) is 11.5 Å². The normalized spacial score (nSPS) is 20.1. The molecule has 1 aliphatic carbocycles. The van der Waals surface area contributed by atoms with Crippen molar-refractivity contribution in [2.24, 2.45) is 5.41 Å². The molecule has 84 valence electrons. The van der Waals surface area contributed by atoms with Crippen molar-refractivity contribution in [2.45, 2.75) is 52.5 Å². The van der Waals surface area contributed by atoms with Gasteiger partial charge in [-0.3, -0.25) is 0 Å². The Morgan fingerprint density at radius 2 is 2.00 bits per heavy atom. The Bertz CT molecular complexity index is 158. The van der Waals surface area contributed by atoms with Crippen molar-refractivity contribution >= 4 is 12.6 Å². The summed E-state index contributed by atoms with van der Waals surface area (Å²) in [5.74, 6) is 1.07. The summed E-state index contributed by atoms with van der Waals surface area (Å²) in [7, 11) is 0. The van der Waals surface area contributed by atoms with Crippen LogP contribution in [0, 0.1) is 5.41 Å². The molecule has 14 heavy (non-hydrogen) atoms. The second-order valence-electron chi connectivity index (χ2n) is 5.08. The summed E-state index contributed by atoms with van der Waals surface area (Å²) in [5.41, 5.74) is 0.558. The van der Waals surface area contributed by atoms with Gasteiger partial charge in [-0.25, -0.2) is 0 Å². The lowest BCUT2D eigenvalue weighted by atomic mass is 9.70. The van der Waals surface area contributed by atoms with E-state index in [-0.39, 0.29) is 0 Å². The Kier molecular flexibility index (Phi) is 4.78. The van der Waals surface area contributed by atoms with Crippen LogP contribution in [0.1, 0.15) is 46.5 Å². The summed E-state index contributed by atoms with van der Waals surface area (Å²) < 4.78 is 0. The van der Waals surface area contributed by atoms with Crippen molar-refractivity contribution in [1.82, 2.24) is 4.90 Å². The molecule has 0 heterocycles. The molecule has 0 amide bonds. The first-order valence-electron chi connectivity index (χ1n) is 5.98. The van der Waals surface area contributed by atoms with E-state index in [2.05, 4.69) is 38.3 Å². The molecule has 2 heteroatoms. The minimum Gasteiger partial charge on any atom is -0.300 e. The Morgan fingerprint density at radius 1 is 1.36 bits per heavy atom. The summed E-state index contributed by atoms with van der Waals surface area (Å²) in [4.78, 5) is 2.62. The molecule has 0 N–H and O–H groups in total. The third-order valence-corrected chi connectivity index (χ3v) is 4.20. The zero-order chi connectivity index (χ0) is 10.6. The fraction of sp³-hybridized carbons (Fsp3) is 1.00. The summed E-state index contributed by atoms with van der Waals surface area (Å²) in [6, 6.07) is 0.687. The van der Waals surface area contributed by atoms with Crippen molar-refractivity contribution in [1.29, 1.82) is 0 Å². The first-order valence-corrected chi connectivity index (χ1v) is 6.62. The molecule has 0 aliphatic heterocycles. The van der Waals surface area contributed by atoms with Gasteiger partial charge in [-0.2, -0.15) is 12.6 Å². The van der Waals surface area contributed by atoms with Crippen LogP contribution >= 0.6 is 12.6 Å². The van der Waals surface area contributed by atoms with Gasteiger partial charge in [-0.05, 0) is 50.8 Å². The van der Waals surface area contributed by atoms with Gasteiger partial charge < -0.3 is 4.90 Å². The second kappa shape index (κ2) is 5.41. The minimum atomic E-state index is 0.558. The van der Waals surface area contributed by atoms with Gasteiger partial charge >= 0.3 is 0 Å². The van der Waals surface area contributed by atoms with E-state index in [9.17, 15) is 0 Å². The molecule has 0 bridgehead atoms. The van der Waals surface area contributed by atoms with E-state index < -0.39 is 0 Å². The highest BCUT2D eigenvalue weighted by Crippen LogP contribution is 2.42. The van der Waals surface area contributed by atoms with Gasteiger partial charge in [0.25, 0.3) is 0 Å². The molecule has 0 aromatic rings. The lowest BCUT2D eigenvalue weighted by molar-refractivity contribution is 0.0727. The van der Waals surface area contributed by atoms with Gasteiger partial charge in [0, 0.05) is 12.6 Å². The van der Waals surface area contributed by atoms with Crippen molar-refractivity contribution in [3.05, 3.63) is 0 Å². The fourth-order valence-corrected chi connectivity index (χ4v) is 2.70. The Labute approximate surface area is 94.7 Å². The maximum Gasteiger partial charge on any atom is 0.00485 e. The number of nitrogens with zero attached hydrogens (tertiary/aromatic N) is 1. The summed E-state index contributed by atoms with van der Waals surface area (Å²) in [6.45, 7) is 9.39. The topological polar surface area (TPSA) is 3.24 Å². The van der Waals surface area contributed by atoms with Gasteiger partial charge in [-0.1, -0.05) is 13.3 Å². The van der Waals surface area contributed by atoms with E-state index in [4.69, 9.17) is 0 Å². The maximum atomic E-state index is 4.52. The predicted molar refractivity (Wildman–Crippen MR) is 67.1 cm³/mol. The Hall–Kier alpha value is 0.310. The highest BCUT2D eigenvalue weighted by Gasteiger charge is 2.37. The number of hydrogen-bond donors (Lipinski definition) is 1. The molecule has 1 rings (SSSR count). The van der Waals surface area contributed by atoms with Crippen LogP contribution in [0.3, 0.4) is 0 Å². The maximum absolute atomic E-state index is 4.52. The number of rotatable bonds is 6. The third kappa shape index (κ3) is 2.90. The van der Waals surface area contributed by atoms with Crippen LogP contribution in [-0.2, 0) is 0 Å². The monoisotopic (exact) mass is 215 g/mol. The summed E-state index contributed by atoms with van der Waals surface area (Å²) in [6.07, 6.45) is 5.46. The lowest BCUT2D eigenvalue weighted by Crippen LogP contribution is -2.46. The third-order valence-electron chi connectivity index (χ3n) is 3.53. The molecule has 1 nitrogen and oxygen atoms in total. The molecule has 1 fully saturated rings. The first kappa shape index (κ1) is 12.4. The van der Waals surface area contributed by atoms with Crippen LogP contribution in [-0.4, -0.2) is 29.8 Å². The van der Waals surface area contributed by atoms with Crippen LogP contribution in [0.5, 0.6) is 0 Å². The van der Waals surface area contributed by atoms with Gasteiger partial charge in [0.15, 0.2) is 0 Å². The Morgan fingerprint density at radius 3 is 2.29 bits per heavy atom. The lowest BCUT2D eigenvalue weighted by Gasteiger charge is -2.45. The minimum absolute atomic E-state index is 0.558. The van der Waals surface area contributed by atoms with Crippen molar-refractivity contribution in [3.8, 4) is 0 Å². The predicted octanol–water partition coefficient (Wildman–Crippen LogP) is 3.21. The molecule has 0 spiro atoms. The molecule has 0 radical (unpaired) electrons. The van der Waals surface area contributed by atoms with Crippen molar-refractivity contribution in [2.75, 3.05) is 18.8 Å². The largest absolute Gasteiger partial charge is 0.300 e.